The fourth-order valence-corrected chi connectivity index (χ4v) is 5.19. The van der Waals surface area contributed by atoms with E-state index in [2.05, 4.69) is 33.6 Å². The van der Waals surface area contributed by atoms with Gasteiger partial charge in [0.2, 0.25) is 0 Å². The SMILES string of the molecule is COc1cc(Nc2c(C#N)cnc3c(OC)c(NCCCC4CCN(C)CC4)ccc23)c(Cl)cc1Cl. The summed E-state index contributed by atoms with van der Waals surface area (Å²) >= 11 is 12.6. The van der Waals surface area contributed by atoms with Gasteiger partial charge in [-0.2, -0.15) is 5.26 Å². The van der Waals surface area contributed by atoms with Crippen LogP contribution < -0.4 is 20.1 Å². The van der Waals surface area contributed by atoms with Gasteiger partial charge >= 0.3 is 0 Å². The Balaban J connectivity index is 1.57. The first kappa shape index (κ1) is 26.2. The zero-order valence-corrected chi connectivity index (χ0v) is 22.3. The summed E-state index contributed by atoms with van der Waals surface area (Å²) in [5, 5.41) is 18.1. The van der Waals surface area contributed by atoms with Crippen LogP contribution in [0.2, 0.25) is 10.0 Å². The molecular formula is C27H31Cl2N5O2. The molecule has 1 fully saturated rings. The number of fused-ring (bicyclic) bond motifs is 1. The predicted octanol–water partition coefficient (Wildman–Crippen LogP) is 6.71. The Morgan fingerprint density at radius 2 is 1.89 bits per heavy atom. The smallest absolute Gasteiger partial charge is 0.168 e. The quantitative estimate of drug-likeness (QED) is 0.299. The van der Waals surface area contributed by atoms with E-state index in [4.69, 9.17) is 32.7 Å². The van der Waals surface area contributed by atoms with E-state index in [0.29, 0.717) is 44.0 Å². The third-order valence-electron chi connectivity index (χ3n) is 6.76. The molecule has 3 aromatic rings. The van der Waals surface area contributed by atoms with Gasteiger partial charge in [-0.1, -0.05) is 23.2 Å². The van der Waals surface area contributed by atoms with E-state index in [1.165, 1.54) is 45.7 Å². The molecule has 0 aliphatic carbocycles. The molecule has 0 spiro atoms. The summed E-state index contributed by atoms with van der Waals surface area (Å²) in [5.41, 5.74) is 3.06. The molecule has 0 bridgehead atoms. The number of methoxy groups -OCH3 is 2. The number of piperidine rings is 1. The standard InChI is InChI=1S/C27H31Cl2N5O2/c1-34-11-8-17(9-12-34)5-4-10-31-22-7-6-19-25(18(15-30)16-32-26(19)27(22)36-3)33-23-14-24(35-2)21(29)13-20(23)28/h6-7,13-14,16-17,31H,4-5,8-12H2,1-3H3,(H,32,33). The maximum atomic E-state index is 9.76. The number of nitrogens with zero attached hydrogens (tertiary/aromatic N) is 3. The van der Waals surface area contributed by atoms with E-state index in [1.807, 2.05) is 12.1 Å². The van der Waals surface area contributed by atoms with Crippen molar-refractivity contribution in [2.45, 2.75) is 25.7 Å². The van der Waals surface area contributed by atoms with Gasteiger partial charge in [0.15, 0.2) is 5.75 Å². The second-order valence-electron chi connectivity index (χ2n) is 9.11. The van der Waals surface area contributed by atoms with Gasteiger partial charge in [0.1, 0.15) is 17.3 Å². The third-order valence-corrected chi connectivity index (χ3v) is 7.37. The number of hydrogen-bond donors (Lipinski definition) is 2. The molecule has 1 saturated heterocycles. The van der Waals surface area contributed by atoms with Crippen molar-refractivity contribution in [1.29, 1.82) is 5.26 Å². The van der Waals surface area contributed by atoms with Crippen molar-refractivity contribution < 1.29 is 9.47 Å². The molecular weight excluding hydrogens is 497 g/mol. The molecule has 7 nitrogen and oxygen atoms in total. The van der Waals surface area contributed by atoms with Crippen molar-refractivity contribution in [3.63, 3.8) is 0 Å². The van der Waals surface area contributed by atoms with E-state index < -0.39 is 0 Å². The first-order valence-corrected chi connectivity index (χ1v) is 12.8. The van der Waals surface area contributed by atoms with Gasteiger partial charge < -0.3 is 25.0 Å². The monoisotopic (exact) mass is 527 g/mol. The number of benzene rings is 2. The fraction of sp³-hybridized carbons (Fsp3) is 0.407. The van der Waals surface area contributed by atoms with Crippen LogP contribution in [0, 0.1) is 17.2 Å². The largest absolute Gasteiger partial charge is 0.495 e. The highest BCUT2D eigenvalue weighted by molar-refractivity contribution is 6.37. The highest BCUT2D eigenvalue weighted by atomic mass is 35.5. The van der Waals surface area contributed by atoms with Crippen molar-refractivity contribution in [2.24, 2.45) is 5.92 Å². The molecule has 1 aliphatic rings. The summed E-state index contributed by atoms with van der Waals surface area (Å²) in [7, 11) is 5.36. The average Bonchev–Trinajstić information content (AvgIpc) is 2.88. The highest BCUT2D eigenvalue weighted by Gasteiger charge is 2.19. The van der Waals surface area contributed by atoms with E-state index in [0.717, 1.165) is 30.0 Å². The molecule has 2 N–H and O–H groups in total. The lowest BCUT2D eigenvalue weighted by Crippen LogP contribution is -2.30. The van der Waals surface area contributed by atoms with Crippen LogP contribution in [-0.4, -0.2) is 50.8 Å². The molecule has 190 valence electrons. The van der Waals surface area contributed by atoms with E-state index in [-0.39, 0.29) is 0 Å². The average molecular weight is 528 g/mol. The van der Waals surface area contributed by atoms with E-state index in [1.54, 1.807) is 19.2 Å². The Morgan fingerprint density at radius 3 is 2.58 bits per heavy atom. The van der Waals surface area contributed by atoms with Crippen LogP contribution in [0.5, 0.6) is 11.5 Å². The molecule has 0 atom stereocenters. The molecule has 2 aromatic carbocycles. The zero-order chi connectivity index (χ0) is 25.7. The number of ether oxygens (including phenoxy) is 2. The van der Waals surface area contributed by atoms with Gasteiger partial charge in [0, 0.05) is 24.2 Å². The zero-order valence-electron chi connectivity index (χ0n) is 20.8. The minimum absolute atomic E-state index is 0.383. The topological polar surface area (TPSA) is 82.4 Å². The molecule has 0 unspecified atom stereocenters. The number of hydrogen-bond acceptors (Lipinski definition) is 7. The van der Waals surface area contributed by atoms with Gasteiger partial charge in [-0.15, -0.1) is 0 Å². The number of anilines is 3. The maximum Gasteiger partial charge on any atom is 0.168 e. The van der Waals surface area contributed by atoms with Crippen LogP contribution >= 0.6 is 23.2 Å². The van der Waals surface area contributed by atoms with Gasteiger partial charge in [-0.05, 0) is 69.9 Å². The van der Waals surface area contributed by atoms with E-state index >= 15 is 0 Å². The fourth-order valence-electron chi connectivity index (χ4n) is 4.69. The van der Waals surface area contributed by atoms with Crippen LogP contribution in [0.15, 0.2) is 30.5 Å². The Kier molecular flexibility index (Phi) is 8.63. The minimum atomic E-state index is 0.383. The lowest BCUT2D eigenvalue weighted by atomic mass is 9.92. The van der Waals surface area contributed by atoms with Crippen LogP contribution in [-0.2, 0) is 0 Å². The predicted molar refractivity (Wildman–Crippen MR) is 147 cm³/mol. The third kappa shape index (κ3) is 5.73. The highest BCUT2D eigenvalue weighted by Crippen LogP contribution is 2.41. The van der Waals surface area contributed by atoms with Gasteiger partial charge in [-0.3, -0.25) is 4.98 Å². The van der Waals surface area contributed by atoms with Crippen LogP contribution in [0.25, 0.3) is 10.9 Å². The summed E-state index contributed by atoms with van der Waals surface area (Å²) < 4.78 is 11.1. The number of likely N-dealkylation sites (tertiary alicyclic amines) is 1. The second-order valence-corrected chi connectivity index (χ2v) is 9.92. The van der Waals surface area contributed by atoms with Crippen LogP contribution in [0.3, 0.4) is 0 Å². The number of nitrogens with one attached hydrogen (secondary N) is 2. The molecule has 9 heteroatoms. The summed E-state index contributed by atoms with van der Waals surface area (Å²) in [4.78, 5) is 6.96. The van der Waals surface area contributed by atoms with Crippen molar-refractivity contribution in [2.75, 3.05) is 51.5 Å². The molecule has 1 aliphatic heterocycles. The normalized spacial score (nSPS) is 14.4. The molecule has 0 radical (unpaired) electrons. The van der Waals surface area contributed by atoms with Crippen molar-refractivity contribution >= 4 is 51.2 Å². The summed E-state index contributed by atoms with van der Waals surface area (Å²) in [6.45, 7) is 3.24. The number of nitriles is 1. The van der Waals surface area contributed by atoms with Gasteiger partial charge in [-0.25, -0.2) is 0 Å². The maximum absolute atomic E-state index is 9.76. The minimum Gasteiger partial charge on any atom is -0.495 e. The second kappa shape index (κ2) is 11.9. The van der Waals surface area contributed by atoms with Crippen molar-refractivity contribution in [3.8, 4) is 17.6 Å². The number of rotatable bonds is 9. The number of halogens is 2. The van der Waals surface area contributed by atoms with Crippen LogP contribution in [0.4, 0.5) is 17.1 Å². The summed E-state index contributed by atoms with van der Waals surface area (Å²) in [5.74, 6) is 1.92. The molecule has 36 heavy (non-hydrogen) atoms. The van der Waals surface area contributed by atoms with Crippen molar-refractivity contribution in [1.82, 2.24) is 9.88 Å². The molecule has 1 aromatic heterocycles. The Labute approximate surface area is 222 Å². The molecule has 0 saturated carbocycles. The summed E-state index contributed by atoms with van der Waals surface area (Å²) in [6, 6.07) is 9.43. The van der Waals surface area contributed by atoms with Crippen molar-refractivity contribution in [3.05, 3.63) is 46.1 Å². The molecule has 4 rings (SSSR count). The Bertz CT molecular complexity index is 1270. The Hall–Kier alpha value is -2.92. The lowest BCUT2D eigenvalue weighted by molar-refractivity contribution is 0.211. The van der Waals surface area contributed by atoms with E-state index in [9.17, 15) is 5.26 Å². The van der Waals surface area contributed by atoms with Gasteiger partial charge in [0.05, 0.1) is 46.9 Å². The Morgan fingerprint density at radius 1 is 1.11 bits per heavy atom. The van der Waals surface area contributed by atoms with Crippen LogP contribution in [0.1, 0.15) is 31.2 Å². The number of pyridine rings is 1. The first-order chi connectivity index (χ1) is 17.4. The van der Waals surface area contributed by atoms with Gasteiger partial charge in [0.25, 0.3) is 0 Å². The first-order valence-electron chi connectivity index (χ1n) is 12.1. The lowest BCUT2D eigenvalue weighted by Gasteiger charge is -2.28. The molecule has 2 heterocycles. The summed E-state index contributed by atoms with van der Waals surface area (Å²) in [6.07, 6.45) is 6.42. The molecule has 0 amide bonds. The number of aromatic nitrogens is 1.